The molecule has 0 aliphatic carbocycles. The molecular formula is C8H6Cl2O2. The van der Waals surface area contributed by atoms with Crippen molar-refractivity contribution in [2.24, 2.45) is 0 Å². The quantitative estimate of drug-likeness (QED) is 0.565. The largest absolute Gasteiger partial charge is 0.467 e. The Hall–Kier alpha value is -0.600. The van der Waals surface area contributed by atoms with Crippen LogP contribution in [0.2, 0.25) is 0 Å². The second-order valence-corrected chi connectivity index (χ2v) is 3.25. The molecule has 2 aliphatic heterocycles. The normalized spacial score (nSPS) is 38.5. The maximum atomic E-state index is 5.67. The zero-order valence-corrected chi connectivity index (χ0v) is 7.55. The van der Waals surface area contributed by atoms with Crippen molar-refractivity contribution >= 4 is 23.2 Å². The lowest BCUT2D eigenvalue weighted by Gasteiger charge is -2.06. The predicted octanol–water partition coefficient (Wildman–Crippen LogP) is 2.50. The number of halogens is 2. The minimum absolute atomic E-state index is 0.390. The van der Waals surface area contributed by atoms with E-state index in [0.717, 1.165) is 0 Å². The maximum absolute atomic E-state index is 5.67. The predicted molar refractivity (Wildman–Crippen MR) is 46.8 cm³/mol. The summed E-state index contributed by atoms with van der Waals surface area (Å²) in [6.45, 7) is 0. The Kier molecular flexibility index (Phi) is 2.03. The molecule has 4 heteroatoms. The summed E-state index contributed by atoms with van der Waals surface area (Å²) in [5.41, 5.74) is -0.780. The van der Waals surface area contributed by atoms with Crippen LogP contribution >= 0.6 is 23.2 Å². The van der Waals surface area contributed by atoms with Crippen LogP contribution in [0.15, 0.2) is 35.8 Å². The van der Waals surface area contributed by atoms with Crippen LogP contribution < -0.4 is 0 Å². The Bertz CT molecular complexity index is 253. The van der Waals surface area contributed by atoms with Gasteiger partial charge >= 0.3 is 0 Å². The zero-order chi connectivity index (χ0) is 8.55. The summed E-state index contributed by atoms with van der Waals surface area (Å²) < 4.78 is 10.4. The van der Waals surface area contributed by atoms with E-state index in [1.54, 1.807) is 24.3 Å². The van der Waals surface area contributed by atoms with E-state index in [9.17, 15) is 0 Å². The molecule has 0 saturated heterocycles. The summed E-state index contributed by atoms with van der Waals surface area (Å²) in [7, 11) is 0. The molecule has 2 aliphatic rings. The van der Waals surface area contributed by atoms with Gasteiger partial charge in [0.25, 0.3) is 0 Å². The van der Waals surface area contributed by atoms with Crippen LogP contribution in [0.25, 0.3) is 0 Å². The van der Waals surface area contributed by atoms with Crippen molar-refractivity contribution < 1.29 is 9.47 Å². The van der Waals surface area contributed by atoms with Gasteiger partial charge in [0, 0.05) is 0 Å². The van der Waals surface area contributed by atoms with Gasteiger partial charge in [-0.1, -0.05) is 23.2 Å². The lowest BCUT2D eigenvalue weighted by molar-refractivity contribution is 0.191. The molecule has 0 aromatic carbocycles. The highest BCUT2D eigenvalue weighted by Gasteiger charge is 2.19. The Morgan fingerprint density at radius 2 is 1.33 bits per heavy atom. The second kappa shape index (κ2) is 3.04. The number of rotatable bonds is 0. The number of hydrogen-bond acceptors (Lipinski definition) is 2. The van der Waals surface area contributed by atoms with Crippen molar-refractivity contribution in [3.63, 3.8) is 0 Å². The third-order valence-corrected chi connectivity index (χ3v) is 1.99. The van der Waals surface area contributed by atoms with Crippen molar-refractivity contribution in [3.05, 3.63) is 35.8 Å². The molecule has 64 valence electrons. The molecule has 0 bridgehead atoms. The van der Waals surface area contributed by atoms with Gasteiger partial charge in [0.1, 0.15) is 0 Å². The maximum Gasteiger partial charge on any atom is 0.191 e. The number of alkyl halides is 2. The first-order valence-corrected chi connectivity index (χ1v) is 4.35. The highest BCUT2D eigenvalue weighted by molar-refractivity contribution is 6.21. The molecule has 2 atom stereocenters. The van der Waals surface area contributed by atoms with Gasteiger partial charge in [-0.3, -0.25) is 0 Å². The summed E-state index contributed by atoms with van der Waals surface area (Å²) in [5.74, 6) is 1.27. The van der Waals surface area contributed by atoms with Crippen LogP contribution in [-0.4, -0.2) is 11.1 Å². The Morgan fingerprint density at radius 1 is 0.917 bits per heavy atom. The second-order valence-electron chi connectivity index (χ2n) is 2.38. The topological polar surface area (TPSA) is 18.5 Å². The fourth-order valence-electron chi connectivity index (χ4n) is 1.01. The van der Waals surface area contributed by atoms with Gasteiger partial charge < -0.3 is 9.47 Å². The molecule has 2 rings (SSSR count). The molecule has 0 aromatic rings. The van der Waals surface area contributed by atoms with E-state index < -0.39 is 0 Å². The number of allylic oxidation sites excluding steroid dienone is 2. The highest BCUT2D eigenvalue weighted by atomic mass is 35.5. The van der Waals surface area contributed by atoms with Gasteiger partial charge in [-0.25, -0.2) is 0 Å². The van der Waals surface area contributed by atoms with Gasteiger partial charge in [0.15, 0.2) is 22.6 Å². The molecule has 0 fully saturated rings. The Morgan fingerprint density at radius 3 is 1.58 bits per heavy atom. The first-order valence-electron chi connectivity index (χ1n) is 3.48. The Labute approximate surface area is 80.0 Å². The standard InChI is InChI=1S/C8H6Cl2O2/c9-7-3-1-5(11-7)6-2-4-8(10)12-6/h1-4,7-8H/b6-5-/t7-,8-/m1/s1. The molecule has 2 nitrogen and oxygen atoms in total. The van der Waals surface area contributed by atoms with E-state index in [0.29, 0.717) is 11.5 Å². The zero-order valence-electron chi connectivity index (χ0n) is 6.04. The third-order valence-electron chi connectivity index (χ3n) is 1.52. The molecule has 0 radical (unpaired) electrons. The summed E-state index contributed by atoms with van der Waals surface area (Å²) in [6, 6.07) is 0. The van der Waals surface area contributed by atoms with Gasteiger partial charge in [-0.05, 0) is 24.3 Å². The van der Waals surface area contributed by atoms with E-state index >= 15 is 0 Å². The third kappa shape index (κ3) is 1.45. The molecule has 0 amide bonds. The van der Waals surface area contributed by atoms with Gasteiger partial charge in [-0.2, -0.15) is 0 Å². The molecule has 12 heavy (non-hydrogen) atoms. The summed E-state index contributed by atoms with van der Waals surface area (Å²) in [5, 5.41) is 0. The van der Waals surface area contributed by atoms with Crippen molar-refractivity contribution in [1.82, 2.24) is 0 Å². The monoisotopic (exact) mass is 204 g/mol. The molecule has 0 saturated carbocycles. The molecule has 0 unspecified atom stereocenters. The number of ether oxygens (including phenoxy) is 2. The van der Waals surface area contributed by atoms with Gasteiger partial charge in [-0.15, -0.1) is 0 Å². The van der Waals surface area contributed by atoms with E-state index in [1.165, 1.54) is 0 Å². The van der Waals surface area contributed by atoms with Crippen LogP contribution in [0.1, 0.15) is 0 Å². The van der Waals surface area contributed by atoms with Crippen LogP contribution in [0.3, 0.4) is 0 Å². The molecule has 0 spiro atoms. The SMILES string of the molecule is Cl[C@H]1C=C/C(=C2\C=C[C@H](Cl)O2)O1. The molecule has 0 N–H and O–H groups in total. The lowest BCUT2D eigenvalue weighted by atomic mass is 10.4. The summed E-state index contributed by atoms with van der Waals surface area (Å²) in [6.07, 6.45) is 7.02. The van der Waals surface area contributed by atoms with E-state index in [4.69, 9.17) is 32.7 Å². The fourth-order valence-corrected chi connectivity index (χ4v) is 1.34. The van der Waals surface area contributed by atoms with Crippen molar-refractivity contribution in [3.8, 4) is 0 Å². The number of hydrogen-bond donors (Lipinski definition) is 0. The van der Waals surface area contributed by atoms with Crippen molar-refractivity contribution in [2.75, 3.05) is 0 Å². The minimum atomic E-state index is -0.390. The molecular weight excluding hydrogens is 199 g/mol. The van der Waals surface area contributed by atoms with Crippen LogP contribution in [-0.2, 0) is 9.47 Å². The first-order chi connectivity index (χ1) is 5.75. The van der Waals surface area contributed by atoms with Gasteiger partial charge in [0.2, 0.25) is 0 Å². The molecule has 2 heterocycles. The van der Waals surface area contributed by atoms with Crippen LogP contribution in [0.4, 0.5) is 0 Å². The average Bonchev–Trinajstić information content (AvgIpc) is 2.58. The summed E-state index contributed by atoms with van der Waals surface area (Å²) >= 11 is 11.3. The highest BCUT2D eigenvalue weighted by Crippen LogP contribution is 2.27. The van der Waals surface area contributed by atoms with E-state index in [-0.39, 0.29) is 11.1 Å². The lowest BCUT2D eigenvalue weighted by Crippen LogP contribution is -1.97. The van der Waals surface area contributed by atoms with Crippen molar-refractivity contribution in [1.29, 1.82) is 0 Å². The first kappa shape index (κ1) is 8.02. The van der Waals surface area contributed by atoms with Gasteiger partial charge in [0.05, 0.1) is 0 Å². The van der Waals surface area contributed by atoms with E-state index in [2.05, 4.69) is 0 Å². The van der Waals surface area contributed by atoms with Crippen LogP contribution in [0.5, 0.6) is 0 Å². The van der Waals surface area contributed by atoms with Crippen molar-refractivity contribution in [2.45, 2.75) is 11.1 Å². The minimum Gasteiger partial charge on any atom is -0.467 e. The average molecular weight is 205 g/mol. The smallest absolute Gasteiger partial charge is 0.191 e. The summed E-state index contributed by atoms with van der Waals surface area (Å²) in [4.78, 5) is 0. The molecule has 0 aromatic heterocycles. The fraction of sp³-hybridized carbons (Fsp3) is 0.250. The van der Waals surface area contributed by atoms with Crippen LogP contribution in [0, 0.1) is 0 Å². The Balaban J connectivity index is 2.18. The van der Waals surface area contributed by atoms with E-state index in [1.807, 2.05) is 0 Å².